The van der Waals surface area contributed by atoms with Crippen LogP contribution >= 0.6 is 11.3 Å². The summed E-state index contributed by atoms with van der Waals surface area (Å²) in [4.78, 5) is 18.8. The molecule has 9 heteroatoms. The molecule has 2 aromatic heterocycles. The summed E-state index contributed by atoms with van der Waals surface area (Å²) in [7, 11) is -3.48. The van der Waals surface area contributed by atoms with E-state index in [0.717, 1.165) is 0 Å². The first-order valence-electron chi connectivity index (χ1n) is 9.53. The van der Waals surface area contributed by atoms with Gasteiger partial charge in [-0.1, -0.05) is 41.7 Å². The molecule has 0 saturated heterocycles. The van der Waals surface area contributed by atoms with E-state index in [4.69, 9.17) is 4.42 Å². The number of anilines is 1. The summed E-state index contributed by atoms with van der Waals surface area (Å²) in [6.07, 6.45) is 1.30. The van der Waals surface area contributed by atoms with E-state index in [1.807, 2.05) is 6.07 Å². The van der Waals surface area contributed by atoms with Crippen LogP contribution in [0.3, 0.4) is 0 Å². The molecule has 2 aromatic carbocycles. The summed E-state index contributed by atoms with van der Waals surface area (Å²) in [6, 6.07) is 16.5. The van der Waals surface area contributed by atoms with Crippen molar-refractivity contribution < 1.29 is 22.0 Å². The maximum atomic E-state index is 13.6. The first kappa shape index (κ1) is 21.2. The van der Waals surface area contributed by atoms with Gasteiger partial charge in [-0.15, -0.1) is 0 Å². The van der Waals surface area contributed by atoms with E-state index in [0.29, 0.717) is 26.7 Å². The molecule has 31 heavy (non-hydrogen) atoms. The lowest BCUT2D eigenvalue weighted by Crippen LogP contribution is -2.31. The molecule has 2 heterocycles. The summed E-state index contributed by atoms with van der Waals surface area (Å²) in [5, 5.41) is 0.363. The van der Waals surface area contributed by atoms with Crippen molar-refractivity contribution in [3.05, 3.63) is 84.1 Å². The Morgan fingerprint density at radius 1 is 1.10 bits per heavy atom. The lowest BCUT2D eigenvalue weighted by molar-refractivity contribution is -0.118. The minimum absolute atomic E-state index is 0.104. The van der Waals surface area contributed by atoms with Gasteiger partial charge in [-0.3, -0.25) is 9.69 Å². The van der Waals surface area contributed by atoms with Crippen molar-refractivity contribution in [1.82, 2.24) is 4.98 Å². The second kappa shape index (κ2) is 8.99. The number of carbonyl (C=O) groups excluding carboxylic acids is 1. The molecule has 0 saturated carbocycles. The summed E-state index contributed by atoms with van der Waals surface area (Å²) in [5.74, 6) is -0.661. The van der Waals surface area contributed by atoms with E-state index in [1.165, 1.54) is 34.6 Å². The predicted octanol–water partition coefficient (Wildman–Crippen LogP) is 4.57. The zero-order valence-electron chi connectivity index (χ0n) is 16.4. The third-order valence-electron chi connectivity index (χ3n) is 4.62. The van der Waals surface area contributed by atoms with Gasteiger partial charge in [0, 0.05) is 6.42 Å². The Morgan fingerprint density at radius 2 is 1.90 bits per heavy atom. The molecule has 0 fully saturated rings. The van der Waals surface area contributed by atoms with E-state index in [1.54, 1.807) is 42.5 Å². The number of nitrogens with zero attached hydrogens (tertiary/aromatic N) is 2. The zero-order chi connectivity index (χ0) is 21.8. The third-order valence-corrected chi connectivity index (χ3v) is 7.26. The number of sulfone groups is 1. The molecule has 0 radical (unpaired) electrons. The first-order valence-corrected chi connectivity index (χ1v) is 12.2. The Bertz CT molecular complexity index is 1290. The summed E-state index contributed by atoms with van der Waals surface area (Å²) in [6.45, 7) is 0.104. The standard InChI is InChI=1S/C22H19FN2O4S2/c23-17-8-9-19-20(13-17)30-22(24-19)25(14-18-7-4-11-29-18)21(26)10-12-31(27,28)15-16-5-2-1-3-6-16/h1-9,11,13H,10,12,14-15H2. The number of carbonyl (C=O) groups is 1. The number of halogens is 1. The van der Waals surface area contributed by atoms with Gasteiger partial charge in [-0.25, -0.2) is 17.8 Å². The number of furan rings is 1. The highest BCUT2D eigenvalue weighted by molar-refractivity contribution is 7.90. The van der Waals surface area contributed by atoms with Gasteiger partial charge in [-0.05, 0) is 35.9 Å². The van der Waals surface area contributed by atoms with E-state index < -0.39 is 21.6 Å². The molecule has 6 nitrogen and oxygen atoms in total. The van der Waals surface area contributed by atoms with Crippen LogP contribution in [0.25, 0.3) is 10.2 Å². The topological polar surface area (TPSA) is 80.5 Å². The zero-order valence-corrected chi connectivity index (χ0v) is 18.0. The molecule has 0 unspecified atom stereocenters. The van der Waals surface area contributed by atoms with Crippen molar-refractivity contribution in [3.8, 4) is 0 Å². The average molecular weight is 459 g/mol. The highest BCUT2D eigenvalue weighted by Gasteiger charge is 2.23. The molecule has 0 spiro atoms. The van der Waals surface area contributed by atoms with Crippen LogP contribution in [0.2, 0.25) is 0 Å². The number of amides is 1. The predicted molar refractivity (Wildman–Crippen MR) is 118 cm³/mol. The smallest absolute Gasteiger partial charge is 0.230 e. The van der Waals surface area contributed by atoms with Gasteiger partial charge < -0.3 is 4.42 Å². The molecule has 0 aliphatic rings. The summed E-state index contributed by atoms with van der Waals surface area (Å²) in [5.41, 5.74) is 1.24. The average Bonchev–Trinajstić information content (AvgIpc) is 3.40. The Labute approximate surface area is 182 Å². The van der Waals surface area contributed by atoms with Crippen LogP contribution in [0.4, 0.5) is 9.52 Å². The summed E-state index contributed by atoms with van der Waals surface area (Å²) < 4.78 is 44.5. The molecule has 0 bridgehead atoms. The van der Waals surface area contributed by atoms with Crippen molar-refractivity contribution >= 4 is 42.4 Å². The number of hydrogen-bond acceptors (Lipinski definition) is 6. The number of benzene rings is 2. The van der Waals surface area contributed by atoms with Crippen LogP contribution in [0, 0.1) is 5.82 Å². The molecule has 4 rings (SSSR count). The molecule has 4 aromatic rings. The summed E-state index contributed by atoms with van der Waals surface area (Å²) >= 11 is 1.17. The van der Waals surface area contributed by atoms with Crippen molar-refractivity contribution in [1.29, 1.82) is 0 Å². The lowest BCUT2D eigenvalue weighted by atomic mass is 10.2. The van der Waals surface area contributed by atoms with Gasteiger partial charge in [-0.2, -0.15) is 0 Å². The maximum absolute atomic E-state index is 13.6. The molecule has 0 N–H and O–H groups in total. The van der Waals surface area contributed by atoms with Gasteiger partial charge in [0.05, 0.1) is 34.5 Å². The lowest BCUT2D eigenvalue weighted by Gasteiger charge is -2.18. The van der Waals surface area contributed by atoms with E-state index >= 15 is 0 Å². The Morgan fingerprint density at radius 3 is 2.65 bits per heavy atom. The van der Waals surface area contributed by atoms with Crippen molar-refractivity contribution in [2.75, 3.05) is 10.7 Å². The second-order valence-corrected chi connectivity index (χ2v) is 10.2. The van der Waals surface area contributed by atoms with Crippen LogP contribution in [-0.4, -0.2) is 25.1 Å². The van der Waals surface area contributed by atoms with Gasteiger partial charge in [0.2, 0.25) is 5.91 Å². The second-order valence-electron chi connectivity index (χ2n) is 7.00. The third kappa shape index (κ3) is 5.36. The monoisotopic (exact) mass is 458 g/mol. The Balaban J connectivity index is 1.53. The highest BCUT2D eigenvalue weighted by Crippen LogP contribution is 2.31. The molecule has 0 atom stereocenters. The van der Waals surface area contributed by atoms with Crippen LogP contribution in [0.5, 0.6) is 0 Å². The molecular formula is C22H19FN2O4S2. The highest BCUT2D eigenvalue weighted by atomic mass is 32.2. The number of thiazole rings is 1. The van der Waals surface area contributed by atoms with E-state index in [2.05, 4.69) is 4.98 Å². The van der Waals surface area contributed by atoms with Crippen molar-refractivity contribution in [3.63, 3.8) is 0 Å². The van der Waals surface area contributed by atoms with Crippen molar-refractivity contribution in [2.45, 2.75) is 18.7 Å². The molecule has 0 aliphatic carbocycles. The van der Waals surface area contributed by atoms with Gasteiger partial charge in [0.1, 0.15) is 11.6 Å². The number of rotatable bonds is 8. The number of aromatic nitrogens is 1. The molecule has 0 aliphatic heterocycles. The minimum atomic E-state index is -3.48. The number of fused-ring (bicyclic) bond motifs is 1. The van der Waals surface area contributed by atoms with Gasteiger partial charge in [0.25, 0.3) is 0 Å². The fraction of sp³-hybridized carbons (Fsp3) is 0.182. The van der Waals surface area contributed by atoms with Crippen LogP contribution < -0.4 is 4.90 Å². The van der Waals surface area contributed by atoms with Crippen LogP contribution in [0.15, 0.2) is 71.3 Å². The van der Waals surface area contributed by atoms with Crippen LogP contribution in [-0.2, 0) is 26.9 Å². The fourth-order valence-electron chi connectivity index (χ4n) is 3.10. The Hall–Kier alpha value is -3.04. The largest absolute Gasteiger partial charge is 0.467 e. The van der Waals surface area contributed by atoms with Gasteiger partial charge in [0.15, 0.2) is 15.0 Å². The van der Waals surface area contributed by atoms with E-state index in [-0.39, 0.29) is 24.5 Å². The van der Waals surface area contributed by atoms with Crippen LogP contribution in [0.1, 0.15) is 17.7 Å². The number of hydrogen-bond donors (Lipinski definition) is 0. The fourth-order valence-corrected chi connectivity index (χ4v) is 5.44. The maximum Gasteiger partial charge on any atom is 0.230 e. The van der Waals surface area contributed by atoms with Crippen molar-refractivity contribution in [2.24, 2.45) is 0 Å². The molecular weight excluding hydrogens is 439 g/mol. The normalized spacial score (nSPS) is 11.6. The van der Waals surface area contributed by atoms with E-state index in [9.17, 15) is 17.6 Å². The SMILES string of the molecule is O=C(CCS(=O)(=O)Cc1ccccc1)N(Cc1ccco1)c1nc2ccc(F)cc2s1. The first-order chi connectivity index (χ1) is 14.9. The Kier molecular flexibility index (Phi) is 6.15. The molecule has 1 amide bonds. The molecule has 160 valence electrons. The minimum Gasteiger partial charge on any atom is -0.467 e. The van der Waals surface area contributed by atoms with Gasteiger partial charge >= 0.3 is 0 Å². The quantitative estimate of drug-likeness (QED) is 0.386.